The zero-order chi connectivity index (χ0) is 24.3. The summed E-state index contributed by atoms with van der Waals surface area (Å²) in [4.78, 5) is 13.7. The summed E-state index contributed by atoms with van der Waals surface area (Å²) in [5, 5.41) is 2.95. The van der Waals surface area contributed by atoms with Crippen LogP contribution in [0.15, 0.2) is 71.6 Å². The van der Waals surface area contributed by atoms with Crippen molar-refractivity contribution in [3.63, 3.8) is 0 Å². The van der Waals surface area contributed by atoms with E-state index in [1.807, 2.05) is 68.4 Å². The topological polar surface area (TPSA) is 75.7 Å². The van der Waals surface area contributed by atoms with Gasteiger partial charge in [-0.3, -0.25) is 4.79 Å². The Morgan fingerprint density at radius 2 is 1.74 bits per heavy atom. The Kier molecular flexibility index (Phi) is 7.05. The number of benzene rings is 3. The molecule has 1 amide bonds. The van der Waals surface area contributed by atoms with E-state index >= 15 is 0 Å². The summed E-state index contributed by atoms with van der Waals surface area (Å²) in [5.74, 6) is 0.383. The van der Waals surface area contributed by atoms with Gasteiger partial charge >= 0.3 is 0 Å². The Bertz CT molecular complexity index is 1300. The number of nitrogens with zero attached hydrogens (tertiary/aromatic N) is 1. The highest BCUT2D eigenvalue weighted by Gasteiger charge is 2.40. The number of amides is 1. The van der Waals surface area contributed by atoms with E-state index in [0.717, 1.165) is 22.3 Å². The quantitative estimate of drug-likeness (QED) is 0.554. The van der Waals surface area contributed by atoms with Crippen molar-refractivity contribution in [1.29, 1.82) is 0 Å². The fraction of sp³-hybridized carbons (Fsp3) is 0.296. The lowest BCUT2D eigenvalue weighted by molar-refractivity contribution is -0.125. The predicted octanol–water partition coefficient (Wildman–Crippen LogP) is 4.13. The van der Waals surface area contributed by atoms with Crippen LogP contribution in [0.2, 0.25) is 0 Å². The van der Waals surface area contributed by atoms with Crippen LogP contribution in [-0.4, -0.2) is 31.3 Å². The van der Waals surface area contributed by atoms with E-state index in [-0.39, 0.29) is 23.9 Å². The Labute approximate surface area is 201 Å². The van der Waals surface area contributed by atoms with Crippen molar-refractivity contribution in [2.45, 2.75) is 51.2 Å². The molecule has 34 heavy (non-hydrogen) atoms. The first-order valence-electron chi connectivity index (χ1n) is 11.5. The van der Waals surface area contributed by atoms with Gasteiger partial charge in [0.1, 0.15) is 11.8 Å². The number of nitrogens with one attached hydrogen (secondary N) is 1. The van der Waals surface area contributed by atoms with Crippen LogP contribution in [0.3, 0.4) is 0 Å². The Balaban J connectivity index is 1.66. The van der Waals surface area contributed by atoms with Gasteiger partial charge in [0.2, 0.25) is 15.9 Å². The fourth-order valence-corrected chi connectivity index (χ4v) is 6.21. The van der Waals surface area contributed by atoms with Gasteiger partial charge in [0, 0.05) is 18.7 Å². The number of aryl methyl sites for hydroxylation is 2. The number of carbonyl (C=O) groups is 1. The second-order valence-electron chi connectivity index (χ2n) is 8.57. The highest BCUT2D eigenvalue weighted by molar-refractivity contribution is 7.89. The first-order valence-corrected chi connectivity index (χ1v) is 12.9. The SMILES string of the molecule is CCOc1ccccc1CNC(=O)[C@@H]1Cc2ccccc2CN1S(=O)(=O)c1cc(C)ccc1C. The number of sulfonamides is 1. The molecule has 1 N–H and O–H groups in total. The zero-order valence-corrected chi connectivity index (χ0v) is 20.6. The van der Waals surface area contributed by atoms with Gasteiger partial charge in [-0.15, -0.1) is 0 Å². The molecular weight excluding hydrogens is 448 g/mol. The van der Waals surface area contributed by atoms with E-state index in [9.17, 15) is 13.2 Å². The van der Waals surface area contributed by atoms with Crippen LogP contribution in [0.25, 0.3) is 0 Å². The molecule has 0 saturated heterocycles. The number of hydrogen-bond acceptors (Lipinski definition) is 4. The lowest BCUT2D eigenvalue weighted by Crippen LogP contribution is -2.52. The van der Waals surface area contributed by atoms with Gasteiger partial charge in [0.05, 0.1) is 11.5 Å². The summed E-state index contributed by atoms with van der Waals surface area (Å²) < 4.78 is 34.7. The maximum Gasteiger partial charge on any atom is 0.244 e. The average Bonchev–Trinajstić information content (AvgIpc) is 2.84. The highest BCUT2D eigenvalue weighted by atomic mass is 32.2. The Hall–Kier alpha value is -3.16. The summed E-state index contributed by atoms with van der Waals surface area (Å²) in [6.45, 7) is 6.48. The molecule has 0 unspecified atom stereocenters. The maximum absolute atomic E-state index is 13.8. The van der Waals surface area contributed by atoms with Crippen LogP contribution in [-0.2, 0) is 34.3 Å². The van der Waals surface area contributed by atoms with Crippen molar-refractivity contribution in [1.82, 2.24) is 9.62 Å². The fourth-order valence-electron chi connectivity index (χ4n) is 4.33. The minimum Gasteiger partial charge on any atom is -0.494 e. The van der Waals surface area contributed by atoms with E-state index in [0.29, 0.717) is 24.3 Å². The normalized spacial score (nSPS) is 16.0. The molecule has 0 aromatic heterocycles. The third-order valence-corrected chi connectivity index (χ3v) is 8.16. The number of fused-ring (bicyclic) bond motifs is 1. The second-order valence-corrected chi connectivity index (χ2v) is 10.4. The van der Waals surface area contributed by atoms with Gasteiger partial charge in [-0.1, -0.05) is 54.6 Å². The molecule has 1 aliphatic heterocycles. The average molecular weight is 479 g/mol. The number of para-hydroxylation sites is 1. The van der Waals surface area contributed by atoms with E-state index in [1.54, 1.807) is 19.1 Å². The van der Waals surface area contributed by atoms with Crippen molar-refractivity contribution in [3.05, 3.63) is 94.5 Å². The molecule has 0 aliphatic carbocycles. The smallest absolute Gasteiger partial charge is 0.244 e. The molecule has 3 aromatic carbocycles. The molecule has 0 fully saturated rings. The molecule has 178 valence electrons. The summed E-state index contributed by atoms with van der Waals surface area (Å²) in [6, 6.07) is 19.7. The third-order valence-electron chi connectivity index (χ3n) is 6.16. The molecule has 6 nitrogen and oxygen atoms in total. The summed E-state index contributed by atoms with van der Waals surface area (Å²) in [5.41, 5.74) is 4.27. The largest absolute Gasteiger partial charge is 0.494 e. The lowest BCUT2D eigenvalue weighted by Gasteiger charge is -2.35. The van der Waals surface area contributed by atoms with Crippen molar-refractivity contribution >= 4 is 15.9 Å². The Morgan fingerprint density at radius 1 is 1.03 bits per heavy atom. The van der Waals surface area contributed by atoms with E-state index in [1.165, 1.54) is 4.31 Å². The number of carbonyl (C=O) groups excluding carboxylic acids is 1. The summed E-state index contributed by atoms with van der Waals surface area (Å²) in [7, 11) is -3.90. The van der Waals surface area contributed by atoms with Crippen LogP contribution < -0.4 is 10.1 Å². The lowest BCUT2D eigenvalue weighted by atomic mass is 9.95. The van der Waals surface area contributed by atoms with Gasteiger partial charge in [-0.2, -0.15) is 4.31 Å². The van der Waals surface area contributed by atoms with Crippen LogP contribution >= 0.6 is 0 Å². The predicted molar refractivity (Wildman–Crippen MR) is 132 cm³/mol. The van der Waals surface area contributed by atoms with Crippen LogP contribution in [0.4, 0.5) is 0 Å². The molecule has 1 aliphatic rings. The second kappa shape index (κ2) is 9.99. The molecule has 0 saturated carbocycles. The van der Waals surface area contributed by atoms with Gasteiger partial charge < -0.3 is 10.1 Å². The number of rotatable bonds is 7. The van der Waals surface area contributed by atoms with Gasteiger partial charge in [-0.25, -0.2) is 8.42 Å². The molecule has 0 spiro atoms. The molecule has 1 atom stereocenters. The standard InChI is InChI=1S/C27H30N2O4S/c1-4-33-25-12-8-7-10-22(25)17-28-27(30)24-16-21-9-5-6-11-23(21)18-29(24)34(31,32)26-15-19(2)13-14-20(26)3/h5-15,24H,4,16-18H2,1-3H3,(H,28,30)/t24-/m0/s1. The van der Waals surface area contributed by atoms with Gasteiger partial charge in [0.15, 0.2) is 0 Å². The first kappa shape index (κ1) is 24.0. The van der Waals surface area contributed by atoms with Crippen molar-refractivity contribution in [3.8, 4) is 5.75 Å². The van der Waals surface area contributed by atoms with E-state index in [4.69, 9.17) is 4.74 Å². The Morgan fingerprint density at radius 3 is 2.50 bits per heavy atom. The number of hydrogen-bond donors (Lipinski definition) is 1. The van der Waals surface area contributed by atoms with Gasteiger partial charge in [-0.05, 0) is 61.6 Å². The van der Waals surface area contributed by atoms with E-state index < -0.39 is 16.1 Å². The maximum atomic E-state index is 13.8. The monoisotopic (exact) mass is 478 g/mol. The highest BCUT2D eigenvalue weighted by Crippen LogP contribution is 2.31. The van der Waals surface area contributed by atoms with Crippen molar-refractivity contribution in [2.75, 3.05) is 6.61 Å². The third kappa shape index (κ3) is 4.86. The number of ether oxygens (including phenoxy) is 1. The summed E-state index contributed by atoms with van der Waals surface area (Å²) >= 11 is 0. The molecular formula is C27H30N2O4S. The van der Waals surface area contributed by atoms with Crippen LogP contribution in [0, 0.1) is 13.8 Å². The molecule has 7 heteroatoms. The minimum atomic E-state index is -3.90. The van der Waals surface area contributed by atoms with E-state index in [2.05, 4.69) is 5.32 Å². The molecule has 0 radical (unpaired) electrons. The summed E-state index contributed by atoms with van der Waals surface area (Å²) in [6.07, 6.45) is 0.319. The molecule has 3 aromatic rings. The van der Waals surface area contributed by atoms with Crippen LogP contribution in [0.1, 0.15) is 34.7 Å². The van der Waals surface area contributed by atoms with Crippen molar-refractivity contribution in [2.24, 2.45) is 0 Å². The van der Waals surface area contributed by atoms with Crippen molar-refractivity contribution < 1.29 is 17.9 Å². The minimum absolute atomic E-state index is 0.152. The molecule has 0 bridgehead atoms. The molecule has 4 rings (SSSR count). The first-order chi connectivity index (χ1) is 16.3. The zero-order valence-electron chi connectivity index (χ0n) is 19.7. The van der Waals surface area contributed by atoms with Gasteiger partial charge in [0.25, 0.3) is 0 Å². The van der Waals surface area contributed by atoms with Crippen LogP contribution in [0.5, 0.6) is 5.75 Å². The molecule has 1 heterocycles.